The van der Waals surface area contributed by atoms with Crippen molar-refractivity contribution in [3.05, 3.63) is 0 Å². The molecule has 3 saturated heterocycles. The van der Waals surface area contributed by atoms with Gasteiger partial charge >= 0.3 is 0 Å². The van der Waals surface area contributed by atoms with Gasteiger partial charge in [0.25, 0.3) is 11.7 Å². The number of amides is 2. The normalized spacial score (nSPS) is 45.3. The average Bonchev–Trinajstić information content (AvgIpc) is 2.96. The molecular formula is C23H40N2O18. The van der Waals surface area contributed by atoms with Gasteiger partial charge in [0.1, 0.15) is 67.1 Å². The smallest absolute Gasteiger partial charge is 0.277 e. The number of rotatable bonds is 11. The minimum Gasteiger partial charge on any atom is -0.394 e. The molecule has 3 heterocycles. The predicted octanol–water partition coefficient (Wildman–Crippen LogP) is -8.82. The van der Waals surface area contributed by atoms with Crippen LogP contribution < -0.4 is 11.1 Å². The fourth-order valence-electron chi connectivity index (χ4n) is 5.19. The zero-order chi connectivity index (χ0) is 32.4. The van der Waals surface area contributed by atoms with Crippen LogP contribution in [0.25, 0.3) is 0 Å². The third-order valence-corrected chi connectivity index (χ3v) is 7.51. The Kier molecular flexibility index (Phi) is 12.1. The van der Waals surface area contributed by atoms with Gasteiger partial charge in [-0.1, -0.05) is 0 Å². The van der Waals surface area contributed by atoms with Crippen molar-refractivity contribution in [2.75, 3.05) is 19.8 Å². The molecular weight excluding hydrogens is 592 g/mol. The molecule has 0 radical (unpaired) electrons. The summed E-state index contributed by atoms with van der Waals surface area (Å²) in [5, 5.41) is 115. The second-order valence-electron chi connectivity index (χ2n) is 10.6. The molecule has 250 valence electrons. The minimum absolute atomic E-state index is 0.718. The van der Waals surface area contributed by atoms with Crippen LogP contribution in [0.15, 0.2) is 0 Å². The molecule has 0 aromatic heterocycles. The standard InChI is InChI=1S/C23H40N2O18/c1-6(29)25-11-7(30)2-23(22(24)38,42-18(11)12(32)8(31)3-26)43-19-13(33)9(4-27)40-21(16(19)36)41-17-10(5-28)39-20(37)15(35)14(17)34/h7-21,26-28,30-37H,2-5H2,1H3,(H2,24,38)(H,25,29)/t7-,8+,9+,10+,11+,12+,13-,14+,15+,16+,17+,18+,19-,20?,21-,23-/m0/s1. The molecule has 3 aliphatic rings. The zero-order valence-corrected chi connectivity index (χ0v) is 22.8. The van der Waals surface area contributed by atoms with Crippen LogP contribution in [0.5, 0.6) is 0 Å². The lowest BCUT2D eigenvalue weighted by molar-refractivity contribution is -0.382. The fourth-order valence-corrected chi connectivity index (χ4v) is 5.19. The molecule has 0 aliphatic carbocycles. The summed E-state index contributed by atoms with van der Waals surface area (Å²) in [6.07, 6.45) is -27.1. The number of aliphatic hydroxyl groups is 11. The molecule has 3 rings (SSSR count). The number of carbonyl (C=O) groups is 2. The van der Waals surface area contributed by atoms with Crippen LogP contribution in [0, 0.1) is 0 Å². The molecule has 43 heavy (non-hydrogen) atoms. The van der Waals surface area contributed by atoms with Crippen LogP contribution in [0.3, 0.4) is 0 Å². The molecule has 14 N–H and O–H groups in total. The molecule has 0 saturated carbocycles. The number of hydrogen-bond donors (Lipinski definition) is 13. The first-order valence-corrected chi connectivity index (χ1v) is 13.3. The van der Waals surface area contributed by atoms with Crippen molar-refractivity contribution in [2.45, 2.75) is 111 Å². The quantitative estimate of drug-likeness (QED) is 0.100. The summed E-state index contributed by atoms with van der Waals surface area (Å²) in [6.45, 7) is -1.75. The second-order valence-corrected chi connectivity index (χ2v) is 10.6. The van der Waals surface area contributed by atoms with Crippen LogP contribution in [0.1, 0.15) is 13.3 Å². The first kappa shape index (κ1) is 35.8. The summed E-state index contributed by atoms with van der Waals surface area (Å²) in [5.74, 6) is -4.99. The van der Waals surface area contributed by atoms with E-state index in [1.807, 2.05) is 0 Å². The highest BCUT2D eigenvalue weighted by molar-refractivity contribution is 5.82. The van der Waals surface area contributed by atoms with Gasteiger partial charge in [0.2, 0.25) is 5.91 Å². The average molecular weight is 633 g/mol. The Hall–Kier alpha value is -1.70. The van der Waals surface area contributed by atoms with Crippen LogP contribution >= 0.6 is 0 Å². The Labute approximate surface area is 243 Å². The van der Waals surface area contributed by atoms with Crippen molar-refractivity contribution < 1.29 is 89.4 Å². The van der Waals surface area contributed by atoms with Gasteiger partial charge in [-0.2, -0.15) is 0 Å². The molecule has 3 aliphatic heterocycles. The molecule has 2 amide bonds. The Bertz CT molecular complexity index is 946. The highest BCUT2D eigenvalue weighted by Gasteiger charge is 2.59. The molecule has 16 atom stereocenters. The van der Waals surface area contributed by atoms with E-state index in [9.17, 15) is 65.8 Å². The molecule has 0 aromatic carbocycles. The number of carbonyl (C=O) groups excluding carboxylic acids is 2. The maximum Gasteiger partial charge on any atom is 0.277 e. The van der Waals surface area contributed by atoms with E-state index in [0.717, 1.165) is 6.92 Å². The van der Waals surface area contributed by atoms with E-state index in [-0.39, 0.29) is 0 Å². The maximum absolute atomic E-state index is 12.8. The molecule has 20 heteroatoms. The van der Waals surface area contributed by atoms with E-state index < -0.39 is 136 Å². The summed E-state index contributed by atoms with van der Waals surface area (Å²) >= 11 is 0. The van der Waals surface area contributed by atoms with Crippen molar-refractivity contribution in [1.82, 2.24) is 5.32 Å². The lowest BCUT2D eigenvalue weighted by Crippen LogP contribution is -2.71. The molecule has 20 nitrogen and oxygen atoms in total. The molecule has 0 bridgehead atoms. The third-order valence-electron chi connectivity index (χ3n) is 7.51. The van der Waals surface area contributed by atoms with Crippen molar-refractivity contribution in [1.29, 1.82) is 0 Å². The first-order chi connectivity index (χ1) is 20.1. The largest absolute Gasteiger partial charge is 0.394 e. The van der Waals surface area contributed by atoms with Gasteiger partial charge in [0, 0.05) is 13.3 Å². The van der Waals surface area contributed by atoms with Crippen molar-refractivity contribution in [3.8, 4) is 0 Å². The van der Waals surface area contributed by atoms with Gasteiger partial charge in [0.05, 0.1) is 32.0 Å². The number of primary amides is 1. The van der Waals surface area contributed by atoms with Crippen molar-refractivity contribution >= 4 is 11.8 Å². The Balaban J connectivity index is 1.94. The summed E-state index contributed by atoms with van der Waals surface area (Å²) in [7, 11) is 0. The van der Waals surface area contributed by atoms with E-state index in [1.165, 1.54) is 0 Å². The monoisotopic (exact) mass is 632 g/mol. The van der Waals surface area contributed by atoms with E-state index >= 15 is 0 Å². The summed E-state index contributed by atoms with van der Waals surface area (Å²) in [4.78, 5) is 24.5. The second kappa shape index (κ2) is 14.6. The van der Waals surface area contributed by atoms with Crippen molar-refractivity contribution in [3.63, 3.8) is 0 Å². The predicted molar refractivity (Wildman–Crippen MR) is 132 cm³/mol. The molecule has 0 spiro atoms. The Morgan fingerprint density at radius 2 is 1.56 bits per heavy atom. The highest BCUT2D eigenvalue weighted by atomic mass is 16.8. The number of nitrogens with one attached hydrogen (secondary N) is 1. The van der Waals surface area contributed by atoms with E-state index in [0.29, 0.717) is 0 Å². The third kappa shape index (κ3) is 7.41. The Morgan fingerprint density at radius 1 is 0.930 bits per heavy atom. The lowest BCUT2D eigenvalue weighted by Gasteiger charge is -2.51. The van der Waals surface area contributed by atoms with E-state index in [2.05, 4.69) is 5.32 Å². The van der Waals surface area contributed by atoms with Crippen LogP contribution in [0.4, 0.5) is 0 Å². The molecule has 3 fully saturated rings. The first-order valence-electron chi connectivity index (χ1n) is 13.3. The summed E-state index contributed by atoms with van der Waals surface area (Å²) in [5.41, 5.74) is 5.54. The zero-order valence-electron chi connectivity index (χ0n) is 22.8. The minimum atomic E-state index is -2.80. The van der Waals surface area contributed by atoms with Gasteiger partial charge in [-0.3, -0.25) is 9.59 Å². The van der Waals surface area contributed by atoms with Crippen molar-refractivity contribution in [2.24, 2.45) is 5.73 Å². The van der Waals surface area contributed by atoms with E-state index in [1.54, 1.807) is 0 Å². The molecule has 1 unspecified atom stereocenters. The number of aliphatic hydroxyl groups excluding tert-OH is 11. The summed E-state index contributed by atoms with van der Waals surface area (Å²) < 4.78 is 27.2. The molecule has 0 aromatic rings. The topological polar surface area (TPSA) is 341 Å². The van der Waals surface area contributed by atoms with Gasteiger partial charge < -0.3 is 90.9 Å². The number of ether oxygens (including phenoxy) is 5. The van der Waals surface area contributed by atoms with Gasteiger partial charge in [-0.05, 0) is 0 Å². The van der Waals surface area contributed by atoms with Crippen LogP contribution in [-0.4, -0.2) is 185 Å². The van der Waals surface area contributed by atoms with Crippen LogP contribution in [-0.2, 0) is 33.3 Å². The van der Waals surface area contributed by atoms with E-state index in [4.69, 9.17) is 29.4 Å². The number of nitrogens with two attached hydrogens (primary N) is 1. The van der Waals surface area contributed by atoms with Crippen LogP contribution in [0.2, 0.25) is 0 Å². The van der Waals surface area contributed by atoms with Gasteiger partial charge in [0.15, 0.2) is 12.6 Å². The highest BCUT2D eigenvalue weighted by Crippen LogP contribution is 2.38. The lowest BCUT2D eigenvalue weighted by atomic mass is 9.87. The number of hydrogen-bond acceptors (Lipinski definition) is 18. The van der Waals surface area contributed by atoms with Gasteiger partial charge in [-0.25, -0.2) is 0 Å². The summed E-state index contributed by atoms with van der Waals surface area (Å²) in [6, 6.07) is -1.49. The SMILES string of the molecule is CC(=O)N[C@H]1[C@H]([C@H](O)[C@H](O)CO)O[C@@](O[C@H]2[C@@H](O)[C@@H](CO)O[C@@H](O[C@H]3[C@H](O)[C@@H](O)C(O)O[C@@H]3CO)[C@@H]2O)(C(N)=O)C[C@@H]1O. The Morgan fingerprint density at radius 3 is 2.09 bits per heavy atom. The maximum atomic E-state index is 12.8. The van der Waals surface area contributed by atoms with Gasteiger partial charge in [-0.15, -0.1) is 0 Å². The fraction of sp³-hybridized carbons (Fsp3) is 0.913.